The minimum absolute atomic E-state index is 0.0871. The van der Waals surface area contributed by atoms with Gasteiger partial charge in [0, 0.05) is 0 Å². The van der Waals surface area contributed by atoms with Gasteiger partial charge in [-0.25, -0.2) is 5.43 Å². The summed E-state index contributed by atoms with van der Waals surface area (Å²) in [5.74, 6) is -1.98. The Bertz CT molecular complexity index is 510. The molecule has 0 spiro atoms. The van der Waals surface area contributed by atoms with Crippen molar-refractivity contribution in [2.24, 2.45) is 10.8 Å². The SMILES string of the molecule is C/C(=N/NC(=O)C(N)=O)c1ccc(C(C)(C)C)cc1. The molecule has 0 atom stereocenters. The molecule has 102 valence electrons. The minimum Gasteiger partial charge on any atom is -0.361 e. The van der Waals surface area contributed by atoms with Crippen molar-refractivity contribution < 1.29 is 9.59 Å². The van der Waals surface area contributed by atoms with Gasteiger partial charge >= 0.3 is 11.8 Å². The van der Waals surface area contributed by atoms with E-state index in [0.29, 0.717) is 5.71 Å². The van der Waals surface area contributed by atoms with Crippen LogP contribution in [-0.2, 0) is 15.0 Å². The molecule has 0 unspecified atom stereocenters. The first-order chi connectivity index (χ1) is 8.71. The summed E-state index contributed by atoms with van der Waals surface area (Å²) in [6.07, 6.45) is 0. The van der Waals surface area contributed by atoms with Gasteiger partial charge in [-0.2, -0.15) is 5.10 Å². The van der Waals surface area contributed by atoms with Crippen molar-refractivity contribution in [2.45, 2.75) is 33.1 Å². The highest BCUT2D eigenvalue weighted by molar-refractivity contribution is 6.34. The van der Waals surface area contributed by atoms with Crippen LogP contribution in [0.1, 0.15) is 38.8 Å². The molecule has 1 aromatic rings. The second-order valence-electron chi connectivity index (χ2n) is 5.33. The first-order valence-electron chi connectivity index (χ1n) is 5.97. The number of benzene rings is 1. The molecule has 0 saturated carbocycles. The molecule has 1 rings (SSSR count). The third kappa shape index (κ3) is 4.21. The van der Waals surface area contributed by atoms with Crippen molar-refractivity contribution >= 4 is 17.5 Å². The quantitative estimate of drug-likeness (QED) is 0.478. The van der Waals surface area contributed by atoms with Crippen LogP contribution in [0.25, 0.3) is 0 Å². The Morgan fingerprint density at radius 2 is 1.68 bits per heavy atom. The van der Waals surface area contributed by atoms with Crippen molar-refractivity contribution in [3.8, 4) is 0 Å². The van der Waals surface area contributed by atoms with Gasteiger partial charge in [0.25, 0.3) is 0 Å². The Labute approximate surface area is 112 Å². The maximum atomic E-state index is 11.0. The number of rotatable bonds is 2. The highest BCUT2D eigenvalue weighted by atomic mass is 16.2. The van der Waals surface area contributed by atoms with E-state index >= 15 is 0 Å². The summed E-state index contributed by atoms with van der Waals surface area (Å²) in [7, 11) is 0. The van der Waals surface area contributed by atoms with Crippen molar-refractivity contribution in [3.05, 3.63) is 35.4 Å². The molecule has 0 heterocycles. The van der Waals surface area contributed by atoms with Gasteiger partial charge in [-0.15, -0.1) is 0 Å². The van der Waals surface area contributed by atoms with Crippen LogP contribution >= 0.6 is 0 Å². The topological polar surface area (TPSA) is 84.6 Å². The summed E-state index contributed by atoms with van der Waals surface area (Å²) >= 11 is 0. The number of hydrazone groups is 1. The predicted octanol–water partition coefficient (Wildman–Crippen LogP) is 1.31. The Hall–Kier alpha value is -2.17. The Morgan fingerprint density at radius 1 is 1.16 bits per heavy atom. The summed E-state index contributed by atoms with van der Waals surface area (Å²) in [4.78, 5) is 21.5. The van der Waals surface area contributed by atoms with Crippen LogP contribution in [0.3, 0.4) is 0 Å². The van der Waals surface area contributed by atoms with E-state index in [-0.39, 0.29) is 5.41 Å². The van der Waals surface area contributed by atoms with Crippen molar-refractivity contribution in [1.82, 2.24) is 5.43 Å². The summed E-state index contributed by atoms with van der Waals surface area (Å²) in [5, 5.41) is 3.82. The number of carbonyl (C=O) groups is 2. The fourth-order valence-electron chi connectivity index (χ4n) is 1.47. The maximum Gasteiger partial charge on any atom is 0.329 e. The molecule has 0 aliphatic heterocycles. The number of nitrogens with zero attached hydrogens (tertiary/aromatic N) is 1. The van der Waals surface area contributed by atoms with E-state index in [9.17, 15) is 9.59 Å². The fourth-order valence-corrected chi connectivity index (χ4v) is 1.47. The third-order valence-electron chi connectivity index (χ3n) is 2.72. The summed E-state index contributed by atoms with van der Waals surface area (Å²) in [6, 6.07) is 7.89. The van der Waals surface area contributed by atoms with E-state index in [1.165, 1.54) is 5.56 Å². The predicted molar refractivity (Wildman–Crippen MR) is 74.7 cm³/mol. The van der Waals surface area contributed by atoms with Crippen LogP contribution < -0.4 is 11.2 Å². The lowest BCUT2D eigenvalue weighted by Gasteiger charge is -2.19. The average molecular weight is 261 g/mol. The van der Waals surface area contributed by atoms with Gasteiger partial charge in [0.05, 0.1) is 5.71 Å². The van der Waals surface area contributed by atoms with Crippen LogP contribution in [0.2, 0.25) is 0 Å². The molecule has 0 aromatic heterocycles. The second-order valence-corrected chi connectivity index (χ2v) is 5.33. The standard InChI is InChI=1S/C14H19N3O2/c1-9(16-17-13(19)12(15)18)10-5-7-11(8-6-10)14(2,3)4/h5-8H,1-4H3,(H2,15,18)(H,17,19)/b16-9-. The zero-order valence-corrected chi connectivity index (χ0v) is 11.7. The molecule has 0 bridgehead atoms. The molecule has 19 heavy (non-hydrogen) atoms. The highest BCUT2D eigenvalue weighted by Crippen LogP contribution is 2.22. The molecule has 0 fully saturated rings. The van der Waals surface area contributed by atoms with Crippen molar-refractivity contribution in [3.63, 3.8) is 0 Å². The number of carbonyl (C=O) groups excluding carboxylic acids is 2. The zero-order chi connectivity index (χ0) is 14.6. The number of primary amides is 1. The number of hydrogen-bond donors (Lipinski definition) is 2. The Morgan fingerprint density at radius 3 is 2.11 bits per heavy atom. The second kappa shape index (κ2) is 5.65. The van der Waals surface area contributed by atoms with Crippen LogP contribution in [0.5, 0.6) is 0 Å². The van der Waals surface area contributed by atoms with Crippen LogP contribution in [-0.4, -0.2) is 17.5 Å². The van der Waals surface area contributed by atoms with Crippen LogP contribution in [0.15, 0.2) is 29.4 Å². The van der Waals surface area contributed by atoms with Gasteiger partial charge in [-0.05, 0) is 23.5 Å². The van der Waals surface area contributed by atoms with Crippen LogP contribution in [0, 0.1) is 0 Å². The van der Waals surface area contributed by atoms with Gasteiger partial charge in [0.1, 0.15) is 0 Å². The monoisotopic (exact) mass is 261 g/mol. The molecule has 0 saturated heterocycles. The number of hydrogen-bond acceptors (Lipinski definition) is 3. The third-order valence-corrected chi connectivity index (χ3v) is 2.72. The highest BCUT2D eigenvalue weighted by Gasteiger charge is 2.13. The molecule has 0 radical (unpaired) electrons. The first kappa shape index (κ1) is 14.9. The molecule has 3 N–H and O–H groups in total. The lowest BCUT2D eigenvalue weighted by molar-refractivity contribution is -0.137. The summed E-state index contributed by atoms with van der Waals surface area (Å²) in [6.45, 7) is 8.15. The number of nitrogens with two attached hydrogens (primary N) is 1. The van der Waals surface area contributed by atoms with E-state index in [1.807, 2.05) is 24.3 Å². The molecule has 2 amide bonds. The lowest BCUT2D eigenvalue weighted by atomic mass is 9.86. The van der Waals surface area contributed by atoms with Gasteiger partial charge in [0.15, 0.2) is 0 Å². The zero-order valence-electron chi connectivity index (χ0n) is 11.7. The molecule has 0 aliphatic rings. The average Bonchev–Trinajstić information content (AvgIpc) is 2.34. The largest absolute Gasteiger partial charge is 0.361 e. The van der Waals surface area contributed by atoms with E-state index in [0.717, 1.165) is 5.56 Å². The Balaban J connectivity index is 2.84. The van der Waals surface area contributed by atoms with Gasteiger partial charge in [-0.1, -0.05) is 45.0 Å². The molecule has 5 nitrogen and oxygen atoms in total. The molecular formula is C14H19N3O2. The summed E-state index contributed by atoms with van der Waals surface area (Å²) in [5.41, 5.74) is 9.69. The number of nitrogens with one attached hydrogen (secondary N) is 1. The Kier molecular flexibility index (Phi) is 4.43. The first-order valence-corrected chi connectivity index (χ1v) is 5.97. The maximum absolute atomic E-state index is 11.0. The smallest absolute Gasteiger partial charge is 0.329 e. The minimum atomic E-state index is -1.06. The molecular weight excluding hydrogens is 242 g/mol. The lowest BCUT2D eigenvalue weighted by Crippen LogP contribution is -2.33. The summed E-state index contributed by atoms with van der Waals surface area (Å²) < 4.78 is 0. The van der Waals surface area contributed by atoms with Gasteiger partial charge < -0.3 is 5.73 Å². The van der Waals surface area contributed by atoms with Crippen molar-refractivity contribution in [2.75, 3.05) is 0 Å². The number of amides is 2. The molecule has 5 heteroatoms. The van der Waals surface area contributed by atoms with Crippen LogP contribution in [0.4, 0.5) is 0 Å². The molecule has 1 aromatic carbocycles. The van der Waals surface area contributed by atoms with E-state index in [2.05, 4.69) is 31.3 Å². The van der Waals surface area contributed by atoms with E-state index < -0.39 is 11.8 Å². The normalized spacial score (nSPS) is 12.1. The fraction of sp³-hybridized carbons (Fsp3) is 0.357. The van der Waals surface area contributed by atoms with E-state index in [4.69, 9.17) is 5.73 Å². The van der Waals surface area contributed by atoms with Crippen molar-refractivity contribution in [1.29, 1.82) is 0 Å². The van der Waals surface area contributed by atoms with Gasteiger partial charge in [0.2, 0.25) is 0 Å². The van der Waals surface area contributed by atoms with E-state index in [1.54, 1.807) is 6.92 Å². The molecule has 0 aliphatic carbocycles. The van der Waals surface area contributed by atoms with Gasteiger partial charge in [-0.3, -0.25) is 9.59 Å².